The molecule has 1 aliphatic rings. The van der Waals surface area contributed by atoms with Crippen LogP contribution >= 0.6 is 11.6 Å². The second-order valence-corrected chi connectivity index (χ2v) is 8.68. The average molecular weight is 408 g/mol. The van der Waals surface area contributed by atoms with Crippen molar-refractivity contribution in [3.05, 3.63) is 64.2 Å². The SMILES string of the molecule is O=C(O)Cc1ccc(OCc2ccc(Cl)cc2)c(CN2CC[S+]([O-])CC2)c1. The number of halogens is 1. The molecule has 3 rings (SSSR count). The van der Waals surface area contributed by atoms with Crippen molar-refractivity contribution in [1.29, 1.82) is 0 Å². The van der Waals surface area contributed by atoms with Crippen molar-refractivity contribution in [1.82, 2.24) is 4.90 Å². The van der Waals surface area contributed by atoms with Crippen LogP contribution in [0.4, 0.5) is 0 Å². The topological polar surface area (TPSA) is 72.8 Å². The van der Waals surface area contributed by atoms with Gasteiger partial charge in [0.2, 0.25) is 0 Å². The maximum absolute atomic E-state index is 11.6. The van der Waals surface area contributed by atoms with Crippen LogP contribution in [0.1, 0.15) is 16.7 Å². The highest BCUT2D eigenvalue weighted by Gasteiger charge is 2.21. The maximum Gasteiger partial charge on any atom is 0.307 e. The van der Waals surface area contributed by atoms with Gasteiger partial charge < -0.3 is 14.4 Å². The van der Waals surface area contributed by atoms with E-state index in [9.17, 15) is 9.35 Å². The van der Waals surface area contributed by atoms with Crippen molar-refractivity contribution >= 4 is 28.7 Å². The molecule has 7 heteroatoms. The van der Waals surface area contributed by atoms with E-state index in [4.69, 9.17) is 21.4 Å². The molecule has 0 amide bonds. The van der Waals surface area contributed by atoms with Gasteiger partial charge in [-0.05, 0) is 29.3 Å². The highest BCUT2D eigenvalue weighted by molar-refractivity contribution is 7.91. The summed E-state index contributed by atoms with van der Waals surface area (Å²) >= 11 is 5.19. The van der Waals surface area contributed by atoms with E-state index >= 15 is 0 Å². The number of aliphatic carboxylic acids is 1. The minimum atomic E-state index is -0.857. The fourth-order valence-corrected chi connectivity index (χ4v) is 4.25. The van der Waals surface area contributed by atoms with Gasteiger partial charge in [0, 0.05) is 30.2 Å². The van der Waals surface area contributed by atoms with Gasteiger partial charge in [0.15, 0.2) is 0 Å². The molecule has 1 N–H and O–H groups in total. The minimum Gasteiger partial charge on any atom is -0.616 e. The molecule has 0 aromatic heterocycles. The number of ether oxygens (including phenoxy) is 1. The minimum absolute atomic E-state index is 0.0194. The van der Waals surface area contributed by atoms with Crippen molar-refractivity contribution in [2.75, 3.05) is 24.6 Å². The highest BCUT2D eigenvalue weighted by atomic mass is 35.5. The second-order valence-electron chi connectivity index (χ2n) is 6.55. The normalized spacial score (nSPS) is 15.6. The molecule has 0 bridgehead atoms. The van der Waals surface area contributed by atoms with E-state index in [0.29, 0.717) is 29.7 Å². The summed E-state index contributed by atoms with van der Waals surface area (Å²) in [6, 6.07) is 13.0. The molecule has 2 aromatic carbocycles. The predicted molar refractivity (Wildman–Crippen MR) is 107 cm³/mol. The molecule has 1 fully saturated rings. The van der Waals surface area contributed by atoms with Crippen LogP contribution < -0.4 is 4.74 Å². The summed E-state index contributed by atoms with van der Waals surface area (Å²) in [5.74, 6) is 1.24. The molecule has 0 unspecified atom stereocenters. The summed E-state index contributed by atoms with van der Waals surface area (Å²) in [6.07, 6.45) is -0.0194. The molecular weight excluding hydrogens is 386 g/mol. The van der Waals surface area contributed by atoms with Crippen LogP contribution in [0.25, 0.3) is 0 Å². The molecule has 0 spiro atoms. The van der Waals surface area contributed by atoms with E-state index < -0.39 is 17.1 Å². The van der Waals surface area contributed by atoms with Crippen LogP contribution in [-0.2, 0) is 35.5 Å². The van der Waals surface area contributed by atoms with Crippen LogP contribution in [0.2, 0.25) is 5.02 Å². The lowest BCUT2D eigenvalue weighted by Crippen LogP contribution is -2.39. The molecule has 144 valence electrons. The maximum atomic E-state index is 11.6. The van der Waals surface area contributed by atoms with E-state index in [1.54, 1.807) is 6.07 Å². The number of rotatable bonds is 7. The van der Waals surface area contributed by atoms with Crippen molar-refractivity contribution in [3.63, 3.8) is 0 Å². The van der Waals surface area contributed by atoms with Gasteiger partial charge >= 0.3 is 5.97 Å². The van der Waals surface area contributed by atoms with Gasteiger partial charge in [-0.1, -0.05) is 47.0 Å². The van der Waals surface area contributed by atoms with Crippen LogP contribution in [-0.4, -0.2) is 45.1 Å². The Kier molecular flexibility index (Phi) is 7.01. The highest BCUT2D eigenvalue weighted by Crippen LogP contribution is 2.24. The lowest BCUT2D eigenvalue weighted by molar-refractivity contribution is -0.136. The first-order valence-electron chi connectivity index (χ1n) is 8.78. The molecule has 27 heavy (non-hydrogen) atoms. The third kappa shape index (κ3) is 6.14. The number of nitrogens with zero attached hydrogens (tertiary/aromatic N) is 1. The largest absolute Gasteiger partial charge is 0.616 e. The molecule has 2 aromatic rings. The summed E-state index contributed by atoms with van der Waals surface area (Å²) in [4.78, 5) is 13.3. The lowest BCUT2D eigenvalue weighted by atomic mass is 10.1. The molecule has 0 aliphatic carbocycles. The first-order valence-corrected chi connectivity index (χ1v) is 10.6. The Balaban J connectivity index is 1.74. The van der Waals surface area contributed by atoms with Gasteiger partial charge in [0.1, 0.15) is 23.9 Å². The monoisotopic (exact) mass is 407 g/mol. The summed E-state index contributed by atoms with van der Waals surface area (Å²) in [7, 11) is 0. The lowest BCUT2D eigenvalue weighted by Gasteiger charge is -2.28. The Hall–Kier alpha value is -1.73. The number of benzene rings is 2. The molecule has 0 radical (unpaired) electrons. The Bertz CT molecular complexity index is 776. The Morgan fingerprint density at radius 2 is 1.81 bits per heavy atom. The van der Waals surface area contributed by atoms with Crippen LogP contribution in [0.15, 0.2) is 42.5 Å². The quantitative estimate of drug-likeness (QED) is 0.714. The summed E-state index contributed by atoms with van der Waals surface area (Å²) in [5, 5.41) is 9.75. The van der Waals surface area contributed by atoms with Crippen molar-refractivity contribution in [3.8, 4) is 5.75 Å². The predicted octanol–water partition coefficient (Wildman–Crippen LogP) is 3.11. The van der Waals surface area contributed by atoms with Gasteiger partial charge in [-0.3, -0.25) is 9.69 Å². The summed E-state index contributed by atoms with van der Waals surface area (Å²) in [6.45, 7) is 2.60. The third-order valence-electron chi connectivity index (χ3n) is 4.45. The van der Waals surface area contributed by atoms with Crippen LogP contribution in [0, 0.1) is 0 Å². The van der Waals surface area contributed by atoms with E-state index in [1.165, 1.54) is 0 Å². The molecule has 0 atom stereocenters. The van der Waals surface area contributed by atoms with Crippen molar-refractivity contribution < 1.29 is 19.2 Å². The zero-order chi connectivity index (χ0) is 19.2. The van der Waals surface area contributed by atoms with Crippen LogP contribution in [0.3, 0.4) is 0 Å². The molecule has 0 saturated carbocycles. The molecule has 1 saturated heterocycles. The zero-order valence-corrected chi connectivity index (χ0v) is 16.5. The van der Waals surface area contributed by atoms with E-state index in [-0.39, 0.29) is 6.42 Å². The molecule has 5 nitrogen and oxygen atoms in total. The van der Waals surface area contributed by atoms with Crippen molar-refractivity contribution in [2.24, 2.45) is 0 Å². The number of carboxylic acid groups (broad SMARTS) is 1. The number of hydrogen-bond acceptors (Lipinski definition) is 4. The number of carbonyl (C=O) groups is 1. The van der Waals surface area contributed by atoms with Gasteiger partial charge in [-0.25, -0.2) is 0 Å². The first kappa shape index (κ1) is 20.0. The average Bonchev–Trinajstić information content (AvgIpc) is 2.64. The summed E-state index contributed by atoms with van der Waals surface area (Å²) < 4.78 is 17.6. The fraction of sp³-hybridized carbons (Fsp3) is 0.350. The molecule has 1 heterocycles. The van der Waals surface area contributed by atoms with Gasteiger partial charge in [-0.15, -0.1) is 0 Å². The fourth-order valence-electron chi connectivity index (χ4n) is 3.00. The van der Waals surface area contributed by atoms with E-state index in [2.05, 4.69) is 4.90 Å². The van der Waals surface area contributed by atoms with E-state index in [0.717, 1.165) is 35.5 Å². The Morgan fingerprint density at radius 1 is 1.15 bits per heavy atom. The number of hydrogen-bond donors (Lipinski definition) is 1. The first-order chi connectivity index (χ1) is 13.0. The standard InChI is InChI=1S/C20H22ClNO4S/c21-18-4-1-15(2-5-18)14-26-19-6-3-16(12-20(23)24)11-17(19)13-22-7-9-27(25)10-8-22/h1-6,11H,7-10,12-14H2,(H,23,24). The molecule has 1 aliphatic heterocycles. The zero-order valence-electron chi connectivity index (χ0n) is 14.9. The smallest absolute Gasteiger partial charge is 0.307 e. The molecular formula is C20H22ClNO4S. The Morgan fingerprint density at radius 3 is 2.48 bits per heavy atom. The number of carboxylic acids is 1. The third-order valence-corrected chi connectivity index (χ3v) is 5.98. The Labute approximate surface area is 167 Å². The van der Waals surface area contributed by atoms with Gasteiger partial charge in [0.25, 0.3) is 0 Å². The van der Waals surface area contributed by atoms with Crippen LogP contribution in [0.5, 0.6) is 5.75 Å². The van der Waals surface area contributed by atoms with Gasteiger partial charge in [-0.2, -0.15) is 0 Å². The second kappa shape index (κ2) is 9.46. The van der Waals surface area contributed by atoms with E-state index in [1.807, 2.05) is 36.4 Å². The van der Waals surface area contributed by atoms with Gasteiger partial charge in [0.05, 0.1) is 6.42 Å². The van der Waals surface area contributed by atoms with Crippen molar-refractivity contribution in [2.45, 2.75) is 19.6 Å². The summed E-state index contributed by atoms with van der Waals surface area (Å²) in [5.41, 5.74) is 2.71.